The van der Waals surface area contributed by atoms with E-state index in [0.29, 0.717) is 6.07 Å². The molecule has 1 rings (SSSR count). The zero-order chi connectivity index (χ0) is 11.6. The van der Waals surface area contributed by atoms with Crippen molar-refractivity contribution in [3.05, 3.63) is 44.5 Å². The second-order valence-corrected chi connectivity index (χ2v) is 3.20. The van der Waals surface area contributed by atoms with Crippen LogP contribution in [0.5, 0.6) is 0 Å². The zero-order valence-electron chi connectivity index (χ0n) is 7.21. The summed E-state index contributed by atoms with van der Waals surface area (Å²) in [6.45, 7) is -0.719. The average molecular weight is 240 g/mol. The van der Waals surface area contributed by atoms with Crippen LogP contribution in [0.15, 0.2) is 18.2 Å². The molecule has 0 heterocycles. The summed E-state index contributed by atoms with van der Waals surface area (Å²) in [6.07, 6.45) is -4.52. The van der Waals surface area contributed by atoms with Crippen LogP contribution in [-0.2, 0) is 12.7 Å². The molecule has 0 aliphatic carbocycles. The maximum absolute atomic E-state index is 12.2. The average Bonchev–Trinajstić information content (AvgIpc) is 2.06. The molecular weight excluding hydrogens is 235 g/mol. The highest BCUT2D eigenvalue weighted by atomic mass is 35.5. The molecule has 7 heteroatoms. The molecule has 0 N–H and O–H groups in total. The summed E-state index contributed by atoms with van der Waals surface area (Å²) in [6, 6.07) is 2.47. The van der Waals surface area contributed by atoms with E-state index < -0.39 is 23.2 Å². The van der Waals surface area contributed by atoms with Crippen LogP contribution in [0.4, 0.5) is 13.2 Å². The third-order valence-electron chi connectivity index (χ3n) is 1.67. The van der Waals surface area contributed by atoms with Gasteiger partial charge in [0.2, 0.25) is 6.54 Å². The maximum Gasteiger partial charge on any atom is 0.416 e. The number of benzene rings is 1. The molecule has 0 unspecified atom stereocenters. The smallest absolute Gasteiger partial charge is 0.264 e. The minimum absolute atomic E-state index is 0.0419. The minimum Gasteiger partial charge on any atom is -0.264 e. The van der Waals surface area contributed by atoms with Crippen LogP contribution >= 0.6 is 11.6 Å². The summed E-state index contributed by atoms with van der Waals surface area (Å²) >= 11 is 5.52. The summed E-state index contributed by atoms with van der Waals surface area (Å²) in [5.74, 6) is 0. The fourth-order valence-corrected chi connectivity index (χ4v) is 1.19. The van der Waals surface area contributed by atoms with E-state index in [2.05, 4.69) is 0 Å². The lowest BCUT2D eigenvalue weighted by Crippen LogP contribution is -2.07. The van der Waals surface area contributed by atoms with Gasteiger partial charge >= 0.3 is 6.18 Å². The summed E-state index contributed by atoms with van der Waals surface area (Å²) in [5.41, 5.74) is -1.08. The second kappa shape index (κ2) is 4.06. The molecule has 0 spiro atoms. The van der Waals surface area contributed by atoms with Crippen LogP contribution in [0.3, 0.4) is 0 Å². The van der Waals surface area contributed by atoms with Crippen molar-refractivity contribution in [1.82, 2.24) is 0 Å². The topological polar surface area (TPSA) is 43.1 Å². The molecule has 0 bridgehead atoms. The van der Waals surface area contributed by atoms with Crippen LogP contribution in [0.2, 0.25) is 5.02 Å². The van der Waals surface area contributed by atoms with Crippen molar-refractivity contribution >= 4 is 11.6 Å². The standard InChI is InChI=1S/C8H5ClF3NO2/c9-7-2-1-6(8(10,11)12)3-5(7)4-13(14)15/h1-3H,4H2. The normalized spacial score (nSPS) is 11.5. The van der Waals surface area contributed by atoms with Gasteiger partial charge in [-0.15, -0.1) is 0 Å². The first-order valence-electron chi connectivity index (χ1n) is 3.78. The number of rotatable bonds is 2. The van der Waals surface area contributed by atoms with Crippen molar-refractivity contribution in [2.45, 2.75) is 12.7 Å². The molecule has 1 aromatic rings. The third-order valence-corrected chi connectivity index (χ3v) is 2.04. The van der Waals surface area contributed by atoms with Crippen molar-refractivity contribution in [2.24, 2.45) is 0 Å². The first-order valence-corrected chi connectivity index (χ1v) is 4.16. The second-order valence-electron chi connectivity index (χ2n) is 2.79. The van der Waals surface area contributed by atoms with Gasteiger partial charge in [0, 0.05) is 10.5 Å². The molecule has 0 saturated carbocycles. The van der Waals surface area contributed by atoms with Gasteiger partial charge in [-0.25, -0.2) is 0 Å². The number of hydrogen-bond donors (Lipinski definition) is 0. The highest BCUT2D eigenvalue weighted by Gasteiger charge is 2.31. The Labute approximate surface area is 87.6 Å². The Hall–Kier alpha value is -1.30. The molecule has 82 valence electrons. The molecule has 0 fully saturated rings. The lowest BCUT2D eigenvalue weighted by atomic mass is 10.1. The highest BCUT2D eigenvalue weighted by Crippen LogP contribution is 2.31. The molecule has 0 amide bonds. The van der Waals surface area contributed by atoms with Gasteiger partial charge in [0.15, 0.2) is 0 Å². The molecule has 0 aliphatic rings. The number of nitrogens with zero attached hydrogens (tertiary/aromatic N) is 1. The number of hydrogen-bond acceptors (Lipinski definition) is 2. The van der Waals surface area contributed by atoms with E-state index in [9.17, 15) is 23.3 Å². The predicted octanol–water partition coefficient (Wildman–Crippen LogP) is 3.14. The van der Waals surface area contributed by atoms with Crippen molar-refractivity contribution in [1.29, 1.82) is 0 Å². The van der Waals surface area contributed by atoms with Crippen molar-refractivity contribution in [3.8, 4) is 0 Å². The first-order chi connectivity index (χ1) is 6.80. The van der Waals surface area contributed by atoms with E-state index in [1.807, 2.05) is 0 Å². The van der Waals surface area contributed by atoms with Gasteiger partial charge in [0.25, 0.3) is 0 Å². The van der Waals surface area contributed by atoms with Crippen LogP contribution in [0, 0.1) is 10.1 Å². The van der Waals surface area contributed by atoms with Crippen LogP contribution in [-0.4, -0.2) is 4.92 Å². The lowest BCUT2D eigenvalue weighted by molar-refractivity contribution is -0.496. The van der Waals surface area contributed by atoms with E-state index in [1.165, 1.54) is 0 Å². The SMILES string of the molecule is O=[N+]([O-])Cc1cc(C(F)(F)F)ccc1Cl. The Kier molecular flexibility index (Phi) is 3.18. The predicted molar refractivity (Wildman–Crippen MR) is 47.2 cm³/mol. The summed E-state index contributed by atoms with van der Waals surface area (Å²) in [7, 11) is 0. The van der Waals surface area contributed by atoms with Crippen molar-refractivity contribution in [3.63, 3.8) is 0 Å². The maximum atomic E-state index is 12.2. The Morgan fingerprint density at radius 2 is 2.00 bits per heavy atom. The largest absolute Gasteiger partial charge is 0.416 e. The number of nitro groups is 1. The molecule has 0 aliphatic heterocycles. The molecule has 0 aromatic heterocycles. The molecule has 15 heavy (non-hydrogen) atoms. The first kappa shape index (κ1) is 11.8. The molecular formula is C8H5ClF3NO2. The van der Waals surface area contributed by atoms with Crippen LogP contribution < -0.4 is 0 Å². The Morgan fingerprint density at radius 3 is 2.47 bits per heavy atom. The van der Waals surface area contributed by atoms with Gasteiger partial charge in [-0.3, -0.25) is 10.1 Å². The highest BCUT2D eigenvalue weighted by molar-refractivity contribution is 6.31. The molecule has 0 atom stereocenters. The minimum atomic E-state index is -4.52. The van der Waals surface area contributed by atoms with E-state index >= 15 is 0 Å². The Balaban J connectivity index is 3.11. The van der Waals surface area contributed by atoms with Gasteiger partial charge < -0.3 is 0 Å². The monoisotopic (exact) mass is 239 g/mol. The molecule has 0 saturated heterocycles. The van der Waals surface area contributed by atoms with Crippen LogP contribution in [0.25, 0.3) is 0 Å². The van der Waals surface area contributed by atoms with E-state index in [4.69, 9.17) is 11.6 Å². The van der Waals surface area contributed by atoms with E-state index in [0.717, 1.165) is 12.1 Å². The van der Waals surface area contributed by atoms with Gasteiger partial charge in [-0.2, -0.15) is 13.2 Å². The summed E-state index contributed by atoms with van der Waals surface area (Å²) < 4.78 is 36.7. The van der Waals surface area contributed by atoms with Crippen molar-refractivity contribution < 1.29 is 18.1 Å². The van der Waals surface area contributed by atoms with Gasteiger partial charge in [-0.05, 0) is 18.2 Å². The fraction of sp³-hybridized carbons (Fsp3) is 0.250. The van der Waals surface area contributed by atoms with E-state index in [1.54, 1.807) is 0 Å². The molecule has 3 nitrogen and oxygen atoms in total. The van der Waals surface area contributed by atoms with E-state index in [-0.39, 0.29) is 10.6 Å². The van der Waals surface area contributed by atoms with Crippen molar-refractivity contribution in [2.75, 3.05) is 0 Å². The van der Waals surface area contributed by atoms with Crippen LogP contribution in [0.1, 0.15) is 11.1 Å². The van der Waals surface area contributed by atoms with Gasteiger partial charge in [0.05, 0.1) is 10.6 Å². The van der Waals surface area contributed by atoms with Gasteiger partial charge in [0.1, 0.15) is 0 Å². The summed E-state index contributed by atoms with van der Waals surface area (Å²) in [5, 5.41) is 10.1. The third kappa shape index (κ3) is 3.09. The quantitative estimate of drug-likeness (QED) is 0.588. The molecule has 1 aromatic carbocycles. The summed E-state index contributed by atoms with van der Waals surface area (Å²) in [4.78, 5) is 9.41. The zero-order valence-corrected chi connectivity index (χ0v) is 7.97. The fourth-order valence-electron chi connectivity index (χ4n) is 1.01. The Bertz CT molecular complexity index is 392. The lowest BCUT2D eigenvalue weighted by Gasteiger charge is -2.08. The number of halogens is 4. The molecule has 0 radical (unpaired) electrons. The number of alkyl halides is 3. The Morgan fingerprint density at radius 1 is 1.40 bits per heavy atom. The van der Waals surface area contributed by atoms with Gasteiger partial charge in [-0.1, -0.05) is 11.6 Å².